The molecular formula is C28H36ClN3O2. The molecule has 0 aromatic heterocycles. The topological polar surface area (TPSA) is 69.8 Å². The van der Waals surface area contributed by atoms with Crippen LogP contribution in [-0.4, -0.2) is 59.6 Å². The minimum Gasteiger partial charge on any atom is -0.400 e. The molecule has 0 radical (unpaired) electrons. The van der Waals surface area contributed by atoms with E-state index in [1.807, 2.05) is 42.5 Å². The van der Waals surface area contributed by atoms with E-state index < -0.39 is 5.66 Å². The molecule has 1 unspecified atom stereocenters. The Labute approximate surface area is 208 Å². The maximum atomic E-state index is 13.8. The van der Waals surface area contributed by atoms with E-state index in [0.717, 1.165) is 63.4 Å². The van der Waals surface area contributed by atoms with Crippen LogP contribution in [0.1, 0.15) is 42.1 Å². The Morgan fingerprint density at radius 3 is 2.38 bits per heavy atom. The van der Waals surface area contributed by atoms with Gasteiger partial charge in [0.1, 0.15) is 5.66 Å². The van der Waals surface area contributed by atoms with Crippen LogP contribution in [0.2, 0.25) is 5.02 Å². The van der Waals surface area contributed by atoms with Gasteiger partial charge < -0.3 is 10.8 Å². The maximum Gasteiger partial charge on any atom is 0.197 e. The molecule has 4 rings (SSSR count). The number of unbranched alkanes of at least 4 members (excludes halogenated alkanes) is 1. The van der Waals surface area contributed by atoms with Crippen LogP contribution in [0.5, 0.6) is 0 Å². The second kappa shape index (κ2) is 12.4. The quantitative estimate of drug-likeness (QED) is 0.445. The number of benzene rings is 3. The van der Waals surface area contributed by atoms with E-state index in [-0.39, 0.29) is 5.78 Å². The fraction of sp³-hybridized carbons (Fsp3) is 0.393. The number of aliphatic hydroxyl groups excluding tert-OH is 1. The van der Waals surface area contributed by atoms with E-state index in [4.69, 9.17) is 22.4 Å². The van der Waals surface area contributed by atoms with E-state index in [2.05, 4.69) is 41.0 Å². The van der Waals surface area contributed by atoms with Gasteiger partial charge in [-0.3, -0.25) is 14.6 Å². The van der Waals surface area contributed by atoms with Gasteiger partial charge in [-0.2, -0.15) is 0 Å². The largest absolute Gasteiger partial charge is 0.400 e. The number of carbonyl (C=O) groups excluding carboxylic acids is 1. The van der Waals surface area contributed by atoms with Crippen molar-refractivity contribution in [3.05, 3.63) is 82.9 Å². The highest BCUT2D eigenvalue weighted by Crippen LogP contribution is 2.28. The van der Waals surface area contributed by atoms with Crippen molar-refractivity contribution in [2.45, 2.75) is 38.4 Å². The summed E-state index contributed by atoms with van der Waals surface area (Å²) in [7, 11) is 1.00. The number of ketones is 1. The number of halogens is 1. The molecule has 3 N–H and O–H groups in total. The van der Waals surface area contributed by atoms with Gasteiger partial charge in [0.2, 0.25) is 0 Å². The summed E-state index contributed by atoms with van der Waals surface area (Å²) in [4.78, 5) is 18.4. The van der Waals surface area contributed by atoms with E-state index in [9.17, 15) is 4.79 Å². The van der Waals surface area contributed by atoms with Crippen LogP contribution in [0.4, 0.5) is 0 Å². The third kappa shape index (κ3) is 6.04. The molecule has 0 spiro atoms. The molecule has 1 aliphatic heterocycles. The summed E-state index contributed by atoms with van der Waals surface area (Å²) in [6.07, 6.45) is 2.59. The van der Waals surface area contributed by atoms with Gasteiger partial charge in [0, 0.05) is 55.8 Å². The summed E-state index contributed by atoms with van der Waals surface area (Å²) in [5, 5.41) is 9.62. The highest BCUT2D eigenvalue weighted by molar-refractivity contribution is 6.35. The van der Waals surface area contributed by atoms with Crippen LogP contribution in [0, 0.1) is 0 Å². The number of nitrogens with zero attached hydrogens (tertiary/aromatic N) is 2. The smallest absolute Gasteiger partial charge is 0.197 e. The molecule has 0 aliphatic carbocycles. The highest BCUT2D eigenvalue weighted by Gasteiger charge is 2.41. The number of hydrogen-bond acceptors (Lipinski definition) is 5. The normalized spacial score (nSPS) is 16.5. The third-order valence-corrected chi connectivity index (χ3v) is 6.91. The zero-order chi connectivity index (χ0) is 24.6. The summed E-state index contributed by atoms with van der Waals surface area (Å²) in [5.74, 6) is 0.00401. The van der Waals surface area contributed by atoms with E-state index in [1.54, 1.807) is 0 Å². The molecule has 3 aromatic carbocycles. The minimum atomic E-state index is -0.985. The van der Waals surface area contributed by atoms with Crippen molar-refractivity contribution in [2.75, 3.05) is 33.3 Å². The molecule has 1 atom stereocenters. The van der Waals surface area contributed by atoms with Crippen molar-refractivity contribution in [1.29, 1.82) is 0 Å². The van der Waals surface area contributed by atoms with E-state index in [1.165, 1.54) is 5.56 Å². The van der Waals surface area contributed by atoms with Crippen LogP contribution < -0.4 is 5.73 Å². The van der Waals surface area contributed by atoms with Gasteiger partial charge in [0.25, 0.3) is 0 Å². The lowest BCUT2D eigenvalue weighted by Gasteiger charge is -2.45. The number of rotatable bonds is 8. The Balaban J connectivity index is 0.00000158. The van der Waals surface area contributed by atoms with Crippen LogP contribution in [0.25, 0.3) is 10.8 Å². The second-order valence-electron chi connectivity index (χ2n) is 8.78. The fourth-order valence-electron chi connectivity index (χ4n) is 4.64. The van der Waals surface area contributed by atoms with Gasteiger partial charge in [0.05, 0.1) is 0 Å². The standard InChI is InChI=1S/C27H32ClN3O.CH4O/c1-2-3-14-27(29,26(32)23-12-13-24-22(19-23)10-7-11-25(24)28)31-17-15-30(16-18-31)20-21-8-5-4-6-9-21;1-2/h4-13,19H,2-3,14-18,20,29H2,1H3;2H,1H3. The maximum absolute atomic E-state index is 13.8. The molecule has 182 valence electrons. The summed E-state index contributed by atoms with van der Waals surface area (Å²) in [6, 6.07) is 22.0. The molecule has 1 aliphatic rings. The Morgan fingerprint density at radius 2 is 1.71 bits per heavy atom. The Bertz CT molecular complexity index is 1070. The zero-order valence-electron chi connectivity index (χ0n) is 20.2. The van der Waals surface area contributed by atoms with Crippen molar-refractivity contribution in [3.63, 3.8) is 0 Å². The van der Waals surface area contributed by atoms with Crippen molar-refractivity contribution >= 4 is 28.2 Å². The fourth-order valence-corrected chi connectivity index (χ4v) is 4.89. The average molecular weight is 482 g/mol. The minimum absolute atomic E-state index is 0.00401. The lowest BCUT2D eigenvalue weighted by Crippen LogP contribution is -2.65. The number of aliphatic hydroxyl groups is 1. The number of Topliss-reactive ketones (excluding diaryl/α,β-unsaturated/α-hetero) is 1. The van der Waals surface area contributed by atoms with E-state index >= 15 is 0 Å². The third-order valence-electron chi connectivity index (χ3n) is 6.58. The zero-order valence-corrected chi connectivity index (χ0v) is 21.0. The molecule has 5 nitrogen and oxygen atoms in total. The van der Waals surface area contributed by atoms with Gasteiger partial charge in [-0.05, 0) is 29.5 Å². The number of hydrogen-bond donors (Lipinski definition) is 2. The molecule has 1 fully saturated rings. The molecule has 0 saturated carbocycles. The highest BCUT2D eigenvalue weighted by atomic mass is 35.5. The van der Waals surface area contributed by atoms with Gasteiger partial charge in [0.15, 0.2) is 5.78 Å². The van der Waals surface area contributed by atoms with Crippen molar-refractivity contribution in [3.8, 4) is 0 Å². The molecule has 1 heterocycles. The van der Waals surface area contributed by atoms with Crippen molar-refractivity contribution in [1.82, 2.24) is 9.80 Å². The summed E-state index contributed by atoms with van der Waals surface area (Å²) >= 11 is 6.32. The molecule has 3 aromatic rings. The number of nitrogens with two attached hydrogens (primary N) is 1. The van der Waals surface area contributed by atoms with Crippen molar-refractivity contribution in [2.24, 2.45) is 5.73 Å². The van der Waals surface area contributed by atoms with Gasteiger partial charge >= 0.3 is 0 Å². The summed E-state index contributed by atoms with van der Waals surface area (Å²) in [5.41, 5.74) is 7.93. The first kappa shape index (κ1) is 26.3. The summed E-state index contributed by atoms with van der Waals surface area (Å²) < 4.78 is 0. The first-order valence-corrected chi connectivity index (χ1v) is 12.4. The predicted octanol–water partition coefficient (Wildman–Crippen LogP) is 4.95. The van der Waals surface area contributed by atoms with Crippen LogP contribution in [-0.2, 0) is 6.54 Å². The van der Waals surface area contributed by atoms with Crippen LogP contribution >= 0.6 is 11.6 Å². The van der Waals surface area contributed by atoms with E-state index in [0.29, 0.717) is 17.0 Å². The Hall–Kier alpha value is -2.28. The van der Waals surface area contributed by atoms with Gasteiger partial charge in [-0.25, -0.2) is 0 Å². The molecule has 1 saturated heterocycles. The summed E-state index contributed by atoms with van der Waals surface area (Å²) in [6.45, 7) is 6.46. The predicted molar refractivity (Wildman–Crippen MR) is 141 cm³/mol. The van der Waals surface area contributed by atoms with Crippen LogP contribution in [0.3, 0.4) is 0 Å². The first-order valence-electron chi connectivity index (χ1n) is 12.0. The lowest BCUT2D eigenvalue weighted by atomic mass is 9.90. The monoisotopic (exact) mass is 481 g/mol. The SMILES string of the molecule is CCCCC(N)(C(=O)c1ccc2c(Cl)cccc2c1)N1CCN(Cc2ccccc2)CC1.CO. The average Bonchev–Trinajstić information content (AvgIpc) is 2.89. The molecule has 6 heteroatoms. The Kier molecular flexibility index (Phi) is 9.63. The number of piperazine rings is 1. The Morgan fingerprint density at radius 1 is 1.00 bits per heavy atom. The molecular weight excluding hydrogens is 446 g/mol. The number of carbonyl (C=O) groups is 1. The lowest BCUT2D eigenvalue weighted by molar-refractivity contribution is 0.0243. The number of fused-ring (bicyclic) bond motifs is 1. The van der Waals surface area contributed by atoms with Crippen molar-refractivity contribution < 1.29 is 9.90 Å². The second-order valence-corrected chi connectivity index (χ2v) is 9.19. The van der Waals surface area contributed by atoms with Crippen LogP contribution in [0.15, 0.2) is 66.7 Å². The molecule has 0 amide bonds. The van der Waals surface area contributed by atoms with Gasteiger partial charge in [-0.1, -0.05) is 86.0 Å². The first-order chi connectivity index (χ1) is 16.5. The molecule has 34 heavy (non-hydrogen) atoms. The van der Waals surface area contributed by atoms with Gasteiger partial charge in [-0.15, -0.1) is 0 Å². The molecule has 0 bridgehead atoms.